The van der Waals surface area contributed by atoms with E-state index in [1.807, 2.05) is 23.1 Å². The quantitative estimate of drug-likeness (QED) is 0.846. The average molecular weight is 312 g/mol. The number of rotatable bonds is 2. The van der Waals surface area contributed by atoms with Crippen LogP contribution in [-0.2, 0) is 6.54 Å². The van der Waals surface area contributed by atoms with Crippen molar-refractivity contribution >= 4 is 11.6 Å². The predicted octanol–water partition coefficient (Wildman–Crippen LogP) is 1.63. The van der Waals surface area contributed by atoms with Crippen LogP contribution in [0, 0.1) is 0 Å². The van der Waals surface area contributed by atoms with Crippen LogP contribution in [0.1, 0.15) is 16.8 Å². The fourth-order valence-corrected chi connectivity index (χ4v) is 3.19. The first kappa shape index (κ1) is 14.1. The molecule has 2 aliphatic heterocycles. The van der Waals surface area contributed by atoms with Gasteiger partial charge in [0.2, 0.25) is 5.88 Å². The molecule has 0 saturated carbocycles. The summed E-state index contributed by atoms with van der Waals surface area (Å²) in [6.07, 6.45) is 2.59. The summed E-state index contributed by atoms with van der Waals surface area (Å²) >= 11 is 0. The second-order valence-electron chi connectivity index (χ2n) is 5.90. The van der Waals surface area contributed by atoms with Gasteiger partial charge >= 0.3 is 0 Å². The minimum absolute atomic E-state index is 0.0286. The Morgan fingerprint density at radius 3 is 2.61 bits per heavy atom. The van der Waals surface area contributed by atoms with Crippen molar-refractivity contribution in [1.29, 1.82) is 0 Å². The highest BCUT2D eigenvalue weighted by atomic mass is 16.5. The van der Waals surface area contributed by atoms with Crippen LogP contribution in [0.4, 0.5) is 5.69 Å². The Labute approximate surface area is 135 Å². The Bertz CT molecular complexity index is 690. The second-order valence-corrected chi connectivity index (χ2v) is 5.90. The monoisotopic (exact) mass is 312 g/mol. The zero-order chi connectivity index (χ0) is 15.6. The van der Waals surface area contributed by atoms with Gasteiger partial charge in [-0.05, 0) is 12.1 Å². The Morgan fingerprint density at radius 1 is 1.04 bits per heavy atom. The smallest absolute Gasteiger partial charge is 0.261 e. The van der Waals surface area contributed by atoms with E-state index in [0.717, 1.165) is 39.1 Å². The third-order valence-electron chi connectivity index (χ3n) is 4.46. The number of carbonyl (C=O) groups excluding carboxylic acids is 1. The van der Waals surface area contributed by atoms with Gasteiger partial charge in [0.1, 0.15) is 5.56 Å². The number of amides is 1. The van der Waals surface area contributed by atoms with Crippen molar-refractivity contribution in [2.75, 3.05) is 37.7 Å². The Balaban J connectivity index is 1.44. The maximum absolute atomic E-state index is 12.8. The third kappa shape index (κ3) is 2.65. The summed E-state index contributed by atoms with van der Waals surface area (Å²) in [4.78, 5) is 17.0. The zero-order valence-electron chi connectivity index (χ0n) is 13.0. The summed E-state index contributed by atoms with van der Waals surface area (Å²) in [6, 6.07) is 10.3. The fraction of sp³-hybridized carbons (Fsp3) is 0.412. The molecule has 1 fully saturated rings. The van der Waals surface area contributed by atoms with Crippen molar-refractivity contribution in [3.05, 3.63) is 42.1 Å². The summed E-state index contributed by atoms with van der Waals surface area (Å²) in [5.41, 5.74) is 1.81. The SMILES string of the molecule is O=C(c1cnn2c1OCCC2)N1CCN(c2ccccc2)CC1. The number of hydrogen-bond acceptors (Lipinski definition) is 4. The number of piperazine rings is 1. The van der Waals surface area contributed by atoms with Gasteiger partial charge in [-0.25, -0.2) is 4.68 Å². The van der Waals surface area contributed by atoms with Crippen LogP contribution in [0.5, 0.6) is 5.88 Å². The Kier molecular flexibility index (Phi) is 3.65. The van der Waals surface area contributed by atoms with Gasteiger partial charge in [-0.3, -0.25) is 4.79 Å². The van der Waals surface area contributed by atoms with Crippen molar-refractivity contribution in [1.82, 2.24) is 14.7 Å². The maximum Gasteiger partial charge on any atom is 0.261 e. The van der Waals surface area contributed by atoms with Crippen molar-refractivity contribution in [2.24, 2.45) is 0 Å². The van der Waals surface area contributed by atoms with Crippen molar-refractivity contribution in [2.45, 2.75) is 13.0 Å². The lowest BCUT2D eigenvalue weighted by atomic mass is 10.2. The van der Waals surface area contributed by atoms with Gasteiger partial charge in [-0.1, -0.05) is 18.2 Å². The van der Waals surface area contributed by atoms with Gasteiger partial charge in [-0.2, -0.15) is 5.10 Å². The highest BCUT2D eigenvalue weighted by molar-refractivity contribution is 5.96. The normalized spacial score (nSPS) is 17.6. The van der Waals surface area contributed by atoms with Crippen LogP contribution in [0.3, 0.4) is 0 Å². The molecule has 0 aliphatic carbocycles. The van der Waals surface area contributed by atoms with E-state index < -0.39 is 0 Å². The lowest BCUT2D eigenvalue weighted by molar-refractivity contribution is 0.0740. The van der Waals surface area contributed by atoms with Crippen LogP contribution in [-0.4, -0.2) is 53.4 Å². The van der Waals surface area contributed by atoms with E-state index in [2.05, 4.69) is 22.1 Å². The number of nitrogens with zero attached hydrogens (tertiary/aromatic N) is 4. The van der Waals surface area contributed by atoms with Crippen molar-refractivity contribution < 1.29 is 9.53 Å². The van der Waals surface area contributed by atoms with E-state index in [4.69, 9.17) is 4.74 Å². The lowest BCUT2D eigenvalue weighted by Gasteiger charge is -2.36. The summed E-state index contributed by atoms with van der Waals surface area (Å²) in [5.74, 6) is 0.660. The molecule has 1 saturated heterocycles. The van der Waals surface area contributed by atoms with Crippen LogP contribution in [0.15, 0.2) is 36.5 Å². The summed E-state index contributed by atoms with van der Waals surface area (Å²) in [5, 5.41) is 4.27. The molecule has 2 aliphatic rings. The standard InChI is InChI=1S/C17H20N4O2/c22-16(15-13-18-21-7-4-12-23-17(15)21)20-10-8-19(9-11-20)14-5-2-1-3-6-14/h1-3,5-6,13H,4,7-12H2. The summed E-state index contributed by atoms with van der Waals surface area (Å²) in [6.45, 7) is 4.62. The van der Waals surface area contributed by atoms with Gasteiger partial charge in [0, 0.05) is 44.8 Å². The van der Waals surface area contributed by atoms with Gasteiger partial charge < -0.3 is 14.5 Å². The fourth-order valence-electron chi connectivity index (χ4n) is 3.19. The van der Waals surface area contributed by atoms with Crippen LogP contribution in [0.25, 0.3) is 0 Å². The first-order valence-corrected chi connectivity index (χ1v) is 8.11. The maximum atomic E-state index is 12.8. The largest absolute Gasteiger partial charge is 0.477 e. The van der Waals surface area contributed by atoms with E-state index in [-0.39, 0.29) is 5.91 Å². The molecule has 1 aromatic heterocycles. The van der Waals surface area contributed by atoms with Crippen LogP contribution in [0.2, 0.25) is 0 Å². The number of aromatic nitrogens is 2. The number of fused-ring (bicyclic) bond motifs is 1. The van der Waals surface area contributed by atoms with E-state index in [0.29, 0.717) is 18.1 Å². The molecule has 23 heavy (non-hydrogen) atoms. The molecule has 0 bridgehead atoms. The molecule has 0 unspecified atom stereocenters. The van der Waals surface area contributed by atoms with E-state index in [9.17, 15) is 4.79 Å². The molecule has 1 aromatic carbocycles. The molecule has 0 radical (unpaired) electrons. The zero-order valence-corrected chi connectivity index (χ0v) is 13.0. The van der Waals surface area contributed by atoms with E-state index >= 15 is 0 Å². The molecule has 0 N–H and O–H groups in total. The second kappa shape index (κ2) is 5.95. The number of anilines is 1. The molecule has 2 aromatic rings. The van der Waals surface area contributed by atoms with Crippen LogP contribution >= 0.6 is 0 Å². The number of para-hydroxylation sites is 1. The predicted molar refractivity (Wildman–Crippen MR) is 86.9 cm³/mol. The molecule has 6 nitrogen and oxygen atoms in total. The highest BCUT2D eigenvalue weighted by Crippen LogP contribution is 2.24. The first-order valence-electron chi connectivity index (χ1n) is 8.11. The van der Waals surface area contributed by atoms with Crippen molar-refractivity contribution in [3.8, 4) is 5.88 Å². The van der Waals surface area contributed by atoms with Gasteiger partial charge in [-0.15, -0.1) is 0 Å². The molecule has 120 valence electrons. The highest BCUT2D eigenvalue weighted by Gasteiger charge is 2.28. The molecule has 0 atom stereocenters. The molecular formula is C17H20N4O2. The van der Waals surface area contributed by atoms with Crippen molar-refractivity contribution in [3.63, 3.8) is 0 Å². The number of ether oxygens (including phenoxy) is 1. The minimum atomic E-state index is 0.0286. The number of aryl methyl sites for hydroxylation is 1. The Hall–Kier alpha value is -2.50. The van der Waals surface area contributed by atoms with Gasteiger partial charge in [0.15, 0.2) is 0 Å². The minimum Gasteiger partial charge on any atom is -0.477 e. The van der Waals surface area contributed by atoms with E-state index in [1.165, 1.54) is 5.69 Å². The number of benzene rings is 1. The molecule has 6 heteroatoms. The molecular weight excluding hydrogens is 292 g/mol. The van der Waals surface area contributed by atoms with Crippen LogP contribution < -0.4 is 9.64 Å². The number of hydrogen-bond donors (Lipinski definition) is 0. The van der Waals surface area contributed by atoms with Gasteiger partial charge in [0.25, 0.3) is 5.91 Å². The molecule has 3 heterocycles. The average Bonchev–Trinajstić information content (AvgIpc) is 3.06. The molecule has 4 rings (SSSR count). The molecule has 0 spiro atoms. The number of carbonyl (C=O) groups is 1. The van der Waals surface area contributed by atoms with E-state index in [1.54, 1.807) is 10.9 Å². The molecule has 1 amide bonds. The summed E-state index contributed by atoms with van der Waals surface area (Å²) < 4.78 is 7.43. The Morgan fingerprint density at radius 2 is 1.83 bits per heavy atom. The first-order chi connectivity index (χ1) is 11.3. The van der Waals surface area contributed by atoms with Gasteiger partial charge in [0.05, 0.1) is 12.8 Å². The topological polar surface area (TPSA) is 50.6 Å². The summed E-state index contributed by atoms with van der Waals surface area (Å²) in [7, 11) is 0. The third-order valence-corrected chi connectivity index (χ3v) is 4.46. The lowest BCUT2D eigenvalue weighted by Crippen LogP contribution is -2.48.